The van der Waals surface area contributed by atoms with Gasteiger partial charge in [0.15, 0.2) is 0 Å². The van der Waals surface area contributed by atoms with E-state index in [-0.39, 0.29) is 38.1 Å². The first-order valence-electron chi connectivity index (χ1n) is 13.0. The Kier molecular flexibility index (Phi) is 11.7. The van der Waals surface area contributed by atoms with Gasteiger partial charge in [0, 0.05) is 0 Å². The van der Waals surface area contributed by atoms with Gasteiger partial charge in [-0.15, -0.1) is 12.1 Å². The van der Waals surface area contributed by atoms with E-state index in [0.29, 0.717) is 33.4 Å². The van der Waals surface area contributed by atoms with Gasteiger partial charge in [-0.25, -0.2) is 0 Å². The third-order valence-corrected chi connectivity index (χ3v) is 5.75. The third kappa shape index (κ3) is 9.62. The minimum Gasteiger partial charge on any atom is -0.300 e. The van der Waals surface area contributed by atoms with Crippen LogP contribution in [-0.2, 0) is 42.0 Å². The van der Waals surface area contributed by atoms with Crippen LogP contribution in [0.2, 0.25) is 0 Å². The molecule has 238 valence electrons. The number of rotatable bonds is 4. The molecule has 0 saturated carbocycles. The van der Waals surface area contributed by atoms with Gasteiger partial charge in [-0.1, -0.05) is 35.4 Å². The smallest absolute Gasteiger partial charge is 0.300 e. The summed E-state index contributed by atoms with van der Waals surface area (Å²) in [6, 6.07) is 25.8. The van der Waals surface area contributed by atoms with Gasteiger partial charge in [-0.05, 0) is 49.5 Å². The Balaban J connectivity index is 0.000000205. The molecule has 15 heteroatoms. The standard InChI is InChI=1S/2C13H7F3N3.C5H8O2.Ir/c2*14-13(15,16)9-5-7-10(8-6-9)19-17-11-3-1-2-4-12(11)18-19;1-4(6)3-5(2)7;/h2*1-7H;3H2,1-2H3;/q2*-1;;+3. The quantitative estimate of drug-likeness (QED) is 0.108. The van der Waals surface area contributed by atoms with Gasteiger partial charge in [0.25, 0.3) is 0 Å². The maximum absolute atomic E-state index is 12.4. The van der Waals surface area contributed by atoms with Crippen molar-refractivity contribution in [2.45, 2.75) is 32.6 Å². The topological polar surface area (TPSA) is 95.6 Å². The molecule has 0 fully saturated rings. The van der Waals surface area contributed by atoms with E-state index in [2.05, 4.69) is 32.5 Å². The number of benzene rings is 4. The van der Waals surface area contributed by atoms with Gasteiger partial charge < -0.3 is 0 Å². The average Bonchev–Trinajstić information content (AvgIpc) is 3.61. The van der Waals surface area contributed by atoms with E-state index in [4.69, 9.17) is 0 Å². The van der Waals surface area contributed by atoms with Gasteiger partial charge in [0.05, 0.1) is 6.42 Å². The van der Waals surface area contributed by atoms with Crippen molar-refractivity contribution in [3.05, 3.63) is 108 Å². The van der Waals surface area contributed by atoms with Crippen LogP contribution in [-0.4, -0.2) is 41.6 Å². The fraction of sp³-hybridized carbons (Fsp3) is 0.161. The molecule has 0 spiro atoms. The van der Waals surface area contributed by atoms with Crippen LogP contribution in [0, 0.1) is 12.1 Å². The molecule has 0 aliphatic rings. The number of alkyl halides is 6. The van der Waals surface area contributed by atoms with Crippen LogP contribution in [0.25, 0.3) is 33.4 Å². The van der Waals surface area contributed by atoms with Crippen molar-refractivity contribution in [1.82, 2.24) is 30.0 Å². The Hall–Kier alpha value is -4.75. The van der Waals surface area contributed by atoms with Crippen LogP contribution in [0.15, 0.2) is 84.9 Å². The predicted molar refractivity (Wildman–Crippen MR) is 151 cm³/mol. The summed E-state index contributed by atoms with van der Waals surface area (Å²) >= 11 is 0. The third-order valence-electron chi connectivity index (χ3n) is 5.75. The minimum atomic E-state index is -4.36. The van der Waals surface area contributed by atoms with Gasteiger partial charge in [-0.2, -0.15) is 92.7 Å². The Labute approximate surface area is 271 Å². The van der Waals surface area contributed by atoms with Crippen molar-refractivity contribution >= 4 is 33.6 Å². The number of aromatic nitrogens is 6. The molecule has 0 amide bonds. The summed E-state index contributed by atoms with van der Waals surface area (Å²) in [6.45, 7) is 2.81. The molecule has 0 radical (unpaired) electrons. The number of hydrogen-bond donors (Lipinski definition) is 0. The Morgan fingerprint density at radius 2 is 0.891 bits per heavy atom. The summed E-state index contributed by atoms with van der Waals surface area (Å²) in [6.07, 6.45) is -8.64. The number of hydrogen-bond acceptors (Lipinski definition) is 6. The van der Waals surface area contributed by atoms with Gasteiger partial charge in [-0.3, -0.25) is 9.59 Å². The second-order valence-corrected chi connectivity index (χ2v) is 9.46. The fourth-order valence-electron chi connectivity index (χ4n) is 3.72. The Bertz CT molecular complexity index is 1710. The van der Waals surface area contributed by atoms with Crippen molar-refractivity contribution < 1.29 is 56.0 Å². The summed E-state index contributed by atoms with van der Waals surface area (Å²) in [4.78, 5) is 22.6. The SMILES string of the molecule is CC(=O)CC(C)=O.FC(F)(F)c1c[c-]c(-n2nc3ccccc3n2)cc1.FC(F)(F)c1c[c-]c(-n2nc3ccccc3n2)cc1.[Ir+3]. The molecule has 0 atom stereocenters. The molecule has 0 N–H and O–H groups in total. The van der Waals surface area contributed by atoms with E-state index in [9.17, 15) is 35.9 Å². The summed E-state index contributed by atoms with van der Waals surface area (Å²) in [5, 5.41) is 16.7. The van der Waals surface area contributed by atoms with Crippen LogP contribution in [0.3, 0.4) is 0 Å². The summed E-state index contributed by atoms with van der Waals surface area (Å²) in [5.41, 5.74) is 1.95. The van der Waals surface area contributed by atoms with E-state index in [1.54, 1.807) is 24.3 Å². The molecular weight excluding hydrogens is 795 g/mol. The number of halogens is 6. The molecule has 0 unspecified atom stereocenters. The molecule has 8 nitrogen and oxygen atoms in total. The molecule has 6 rings (SSSR count). The number of carbonyl (C=O) groups excluding carboxylic acids is 2. The molecule has 0 saturated heterocycles. The number of ketones is 2. The van der Waals surface area contributed by atoms with Crippen LogP contribution >= 0.6 is 0 Å². The van der Waals surface area contributed by atoms with E-state index >= 15 is 0 Å². The van der Waals surface area contributed by atoms with Crippen molar-refractivity contribution in [2.24, 2.45) is 0 Å². The normalized spacial score (nSPS) is 11.1. The zero-order valence-corrected chi connectivity index (χ0v) is 26.3. The molecule has 4 aromatic carbocycles. The second-order valence-electron chi connectivity index (χ2n) is 9.46. The number of carbonyl (C=O) groups is 2. The van der Waals surface area contributed by atoms with Gasteiger partial charge in [0.1, 0.15) is 33.6 Å². The summed E-state index contributed by atoms with van der Waals surface area (Å²) < 4.78 is 74.6. The van der Waals surface area contributed by atoms with Crippen LogP contribution in [0.5, 0.6) is 0 Å². The minimum absolute atomic E-state index is 0. The largest absolute Gasteiger partial charge is 3.00 e. The molecule has 0 aliphatic carbocycles. The van der Waals surface area contributed by atoms with Gasteiger partial charge in [0.2, 0.25) is 0 Å². The Morgan fingerprint density at radius 1 is 0.587 bits per heavy atom. The van der Waals surface area contributed by atoms with E-state index < -0.39 is 23.5 Å². The zero-order chi connectivity index (χ0) is 32.8. The fourth-order valence-corrected chi connectivity index (χ4v) is 3.72. The summed E-state index contributed by atoms with van der Waals surface area (Å²) in [7, 11) is 0. The first-order chi connectivity index (χ1) is 21.2. The average molecular weight is 817 g/mol. The van der Waals surface area contributed by atoms with E-state index in [0.717, 1.165) is 24.3 Å². The van der Waals surface area contributed by atoms with E-state index in [1.807, 2.05) is 24.3 Å². The number of fused-ring (bicyclic) bond motifs is 2. The number of nitrogens with zero attached hydrogens (tertiary/aromatic N) is 6. The van der Waals surface area contributed by atoms with Crippen LogP contribution in [0.4, 0.5) is 26.3 Å². The van der Waals surface area contributed by atoms with Crippen molar-refractivity contribution in [3.8, 4) is 11.4 Å². The maximum atomic E-state index is 12.4. The van der Waals surface area contributed by atoms with Crippen molar-refractivity contribution in [3.63, 3.8) is 0 Å². The van der Waals surface area contributed by atoms with Crippen LogP contribution in [0.1, 0.15) is 31.4 Å². The molecular formula is C31H22F6IrN6O2+. The first kappa shape index (κ1) is 35.7. The van der Waals surface area contributed by atoms with E-state index in [1.165, 1.54) is 35.6 Å². The molecule has 0 aliphatic heterocycles. The number of Topliss-reactive ketones (excluding diaryl/α,β-unsaturated/α-hetero) is 2. The molecule has 6 aromatic rings. The zero-order valence-electron chi connectivity index (χ0n) is 23.9. The second kappa shape index (κ2) is 15.0. The molecule has 2 heterocycles. The monoisotopic (exact) mass is 817 g/mol. The van der Waals surface area contributed by atoms with Crippen molar-refractivity contribution in [2.75, 3.05) is 0 Å². The Morgan fingerprint density at radius 3 is 1.09 bits per heavy atom. The maximum Gasteiger partial charge on any atom is 3.00 e. The molecule has 2 aromatic heterocycles. The van der Waals surface area contributed by atoms with Crippen molar-refractivity contribution in [1.29, 1.82) is 0 Å². The predicted octanol–water partition coefficient (Wildman–Crippen LogP) is 7.03. The molecule has 46 heavy (non-hydrogen) atoms. The van der Waals surface area contributed by atoms with Crippen LogP contribution < -0.4 is 0 Å². The summed E-state index contributed by atoms with van der Waals surface area (Å²) in [5.74, 6) is -0.125. The van der Waals surface area contributed by atoms with Gasteiger partial charge >= 0.3 is 32.5 Å². The molecule has 0 bridgehead atoms. The first-order valence-corrected chi connectivity index (χ1v) is 13.0.